The van der Waals surface area contributed by atoms with Crippen LogP contribution < -0.4 is 5.32 Å². The summed E-state index contributed by atoms with van der Waals surface area (Å²) in [5.41, 5.74) is 5.25. The molecule has 0 spiro atoms. The standard InChI is InChI=1S/C17H20N2/c1-13-10-14(12-19-16-7-8-16)5-6-15(13)11-17-4-2-3-9-18-17/h2-6,9-10,16,19H,7-8,11-12H2,1H3. The predicted octanol–water partition coefficient (Wildman–Crippen LogP) is 3.23. The van der Waals surface area contributed by atoms with E-state index in [0.717, 1.165) is 24.7 Å². The highest BCUT2D eigenvalue weighted by Crippen LogP contribution is 2.20. The lowest BCUT2D eigenvalue weighted by atomic mass is 10.0. The molecule has 0 atom stereocenters. The van der Waals surface area contributed by atoms with E-state index in [1.165, 1.54) is 29.5 Å². The molecule has 1 aliphatic rings. The van der Waals surface area contributed by atoms with E-state index in [1.807, 2.05) is 18.3 Å². The first-order chi connectivity index (χ1) is 9.31. The molecule has 0 amide bonds. The highest BCUT2D eigenvalue weighted by Gasteiger charge is 2.19. The van der Waals surface area contributed by atoms with Crippen LogP contribution in [0.4, 0.5) is 0 Å². The maximum absolute atomic E-state index is 4.39. The molecule has 2 aromatic rings. The van der Waals surface area contributed by atoms with E-state index in [1.54, 1.807) is 0 Å². The summed E-state index contributed by atoms with van der Waals surface area (Å²) in [6, 6.07) is 13.6. The summed E-state index contributed by atoms with van der Waals surface area (Å²) in [7, 11) is 0. The van der Waals surface area contributed by atoms with Crippen LogP contribution in [0, 0.1) is 6.92 Å². The first-order valence-corrected chi connectivity index (χ1v) is 7.03. The molecule has 0 unspecified atom stereocenters. The third-order valence-electron chi connectivity index (χ3n) is 3.68. The van der Waals surface area contributed by atoms with Gasteiger partial charge in [-0.1, -0.05) is 24.3 Å². The molecule has 3 rings (SSSR count). The Morgan fingerprint density at radius 3 is 2.79 bits per heavy atom. The zero-order valence-electron chi connectivity index (χ0n) is 11.4. The molecule has 0 aliphatic heterocycles. The van der Waals surface area contributed by atoms with Gasteiger partial charge in [0.2, 0.25) is 0 Å². The molecule has 2 heteroatoms. The molecular weight excluding hydrogens is 232 g/mol. The summed E-state index contributed by atoms with van der Waals surface area (Å²) in [6.07, 6.45) is 5.47. The highest BCUT2D eigenvalue weighted by atomic mass is 14.9. The Bertz CT molecular complexity index is 544. The average Bonchev–Trinajstić information content (AvgIpc) is 3.25. The van der Waals surface area contributed by atoms with Gasteiger partial charge in [0.05, 0.1) is 0 Å². The summed E-state index contributed by atoms with van der Waals surface area (Å²) < 4.78 is 0. The van der Waals surface area contributed by atoms with Crippen molar-refractivity contribution < 1.29 is 0 Å². The number of hydrogen-bond acceptors (Lipinski definition) is 2. The van der Waals surface area contributed by atoms with Crippen LogP contribution in [0.25, 0.3) is 0 Å². The third-order valence-corrected chi connectivity index (χ3v) is 3.68. The monoisotopic (exact) mass is 252 g/mol. The molecule has 1 aliphatic carbocycles. The van der Waals surface area contributed by atoms with Crippen molar-refractivity contribution in [1.29, 1.82) is 0 Å². The van der Waals surface area contributed by atoms with Gasteiger partial charge in [-0.05, 0) is 48.6 Å². The Kier molecular flexibility index (Phi) is 3.60. The quantitative estimate of drug-likeness (QED) is 0.883. The van der Waals surface area contributed by atoms with Crippen LogP contribution in [0.1, 0.15) is 35.2 Å². The van der Waals surface area contributed by atoms with Crippen LogP contribution in [-0.2, 0) is 13.0 Å². The maximum atomic E-state index is 4.39. The van der Waals surface area contributed by atoms with Crippen LogP contribution in [0.3, 0.4) is 0 Å². The summed E-state index contributed by atoms with van der Waals surface area (Å²) in [5, 5.41) is 3.56. The van der Waals surface area contributed by atoms with Gasteiger partial charge in [-0.25, -0.2) is 0 Å². The molecule has 0 saturated heterocycles. The van der Waals surface area contributed by atoms with Crippen molar-refractivity contribution in [2.24, 2.45) is 0 Å². The summed E-state index contributed by atoms with van der Waals surface area (Å²) >= 11 is 0. The first-order valence-electron chi connectivity index (χ1n) is 7.03. The molecular formula is C17H20N2. The Morgan fingerprint density at radius 1 is 1.21 bits per heavy atom. The smallest absolute Gasteiger partial charge is 0.0447 e. The number of hydrogen-bond donors (Lipinski definition) is 1. The predicted molar refractivity (Wildman–Crippen MR) is 78.1 cm³/mol. The minimum absolute atomic E-state index is 0.772. The average molecular weight is 252 g/mol. The van der Waals surface area contributed by atoms with E-state index in [9.17, 15) is 0 Å². The summed E-state index contributed by atoms with van der Waals surface area (Å²) in [5.74, 6) is 0. The Labute approximate surface area is 114 Å². The number of nitrogens with zero attached hydrogens (tertiary/aromatic N) is 1. The van der Waals surface area contributed by atoms with Crippen molar-refractivity contribution in [3.8, 4) is 0 Å². The number of rotatable bonds is 5. The van der Waals surface area contributed by atoms with Crippen molar-refractivity contribution in [2.45, 2.75) is 38.8 Å². The second kappa shape index (κ2) is 5.54. The van der Waals surface area contributed by atoms with Gasteiger partial charge in [-0.15, -0.1) is 0 Å². The van der Waals surface area contributed by atoms with Gasteiger partial charge >= 0.3 is 0 Å². The lowest BCUT2D eigenvalue weighted by Gasteiger charge is -2.09. The van der Waals surface area contributed by atoms with E-state index in [4.69, 9.17) is 0 Å². The van der Waals surface area contributed by atoms with Crippen LogP contribution in [0.15, 0.2) is 42.6 Å². The molecule has 2 nitrogen and oxygen atoms in total. The second-order valence-electron chi connectivity index (χ2n) is 5.41. The molecule has 98 valence electrons. The zero-order valence-corrected chi connectivity index (χ0v) is 11.4. The van der Waals surface area contributed by atoms with Gasteiger partial charge in [0.1, 0.15) is 0 Å². The number of benzene rings is 1. The normalized spacial score (nSPS) is 14.6. The fraction of sp³-hybridized carbons (Fsp3) is 0.353. The molecule has 1 fully saturated rings. The van der Waals surface area contributed by atoms with Crippen molar-refractivity contribution in [3.05, 3.63) is 65.0 Å². The number of pyridine rings is 1. The van der Waals surface area contributed by atoms with E-state index in [2.05, 4.69) is 41.5 Å². The summed E-state index contributed by atoms with van der Waals surface area (Å²) in [4.78, 5) is 4.39. The molecule has 1 N–H and O–H groups in total. The maximum Gasteiger partial charge on any atom is 0.0447 e. The van der Waals surface area contributed by atoms with Gasteiger partial charge in [0.15, 0.2) is 0 Å². The molecule has 0 bridgehead atoms. The largest absolute Gasteiger partial charge is 0.310 e. The van der Waals surface area contributed by atoms with Crippen molar-refractivity contribution >= 4 is 0 Å². The van der Waals surface area contributed by atoms with Crippen LogP contribution in [-0.4, -0.2) is 11.0 Å². The van der Waals surface area contributed by atoms with E-state index in [0.29, 0.717) is 0 Å². The van der Waals surface area contributed by atoms with Gasteiger partial charge in [-0.2, -0.15) is 0 Å². The first kappa shape index (κ1) is 12.4. The minimum atomic E-state index is 0.772. The number of aryl methyl sites for hydroxylation is 1. The van der Waals surface area contributed by atoms with Crippen LogP contribution >= 0.6 is 0 Å². The molecule has 1 aromatic heterocycles. The van der Waals surface area contributed by atoms with Gasteiger partial charge in [-0.3, -0.25) is 4.98 Å². The Balaban J connectivity index is 1.68. The fourth-order valence-electron chi connectivity index (χ4n) is 2.31. The molecule has 19 heavy (non-hydrogen) atoms. The number of nitrogens with one attached hydrogen (secondary N) is 1. The Hall–Kier alpha value is -1.67. The van der Waals surface area contributed by atoms with E-state index < -0.39 is 0 Å². The SMILES string of the molecule is Cc1cc(CNC2CC2)ccc1Cc1ccccn1. The minimum Gasteiger partial charge on any atom is -0.310 e. The fourth-order valence-corrected chi connectivity index (χ4v) is 2.31. The van der Waals surface area contributed by atoms with Gasteiger partial charge in [0, 0.05) is 30.9 Å². The molecule has 1 saturated carbocycles. The summed E-state index contributed by atoms with van der Waals surface area (Å²) in [6.45, 7) is 3.19. The van der Waals surface area contributed by atoms with Crippen molar-refractivity contribution in [3.63, 3.8) is 0 Å². The van der Waals surface area contributed by atoms with Gasteiger partial charge < -0.3 is 5.32 Å². The van der Waals surface area contributed by atoms with Gasteiger partial charge in [0.25, 0.3) is 0 Å². The van der Waals surface area contributed by atoms with Crippen LogP contribution in [0.2, 0.25) is 0 Å². The van der Waals surface area contributed by atoms with E-state index >= 15 is 0 Å². The third kappa shape index (κ3) is 3.42. The van der Waals surface area contributed by atoms with E-state index in [-0.39, 0.29) is 0 Å². The number of aromatic nitrogens is 1. The molecule has 1 heterocycles. The Morgan fingerprint density at radius 2 is 2.11 bits per heavy atom. The zero-order chi connectivity index (χ0) is 13.1. The highest BCUT2D eigenvalue weighted by molar-refractivity contribution is 5.33. The van der Waals surface area contributed by atoms with Crippen molar-refractivity contribution in [1.82, 2.24) is 10.3 Å². The topological polar surface area (TPSA) is 24.9 Å². The van der Waals surface area contributed by atoms with Crippen molar-refractivity contribution in [2.75, 3.05) is 0 Å². The second-order valence-corrected chi connectivity index (χ2v) is 5.41. The lowest BCUT2D eigenvalue weighted by molar-refractivity contribution is 0.687. The van der Waals surface area contributed by atoms with Crippen LogP contribution in [0.5, 0.6) is 0 Å². The molecule has 0 radical (unpaired) electrons. The molecule has 1 aromatic carbocycles. The lowest BCUT2D eigenvalue weighted by Crippen LogP contribution is -2.15.